The number of isocyanates is 1. The lowest BCUT2D eigenvalue weighted by Crippen LogP contribution is -2.10. The van der Waals surface area contributed by atoms with Gasteiger partial charge in [-0.3, -0.25) is 0 Å². The lowest BCUT2D eigenvalue weighted by Gasteiger charge is -2.12. The highest BCUT2D eigenvalue weighted by Gasteiger charge is 2.44. The predicted octanol–water partition coefficient (Wildman–Crippen LogP) is 2.44. The molecule has 2 aliphatic rings. The van der Waals surface area contributed by atoms with E-state index in [4.69, 9.17) is 0 Å². The minimum atomic E-state index is 0.0662. The molecule has 0 atom stereocenters. The third kappa shape index (κ3) is 1.59. The average molecular weight is 165 g/mol. The number of carbonyl (C=O) groups excluding carboxylic acids is 1. The molecule has 0 unspecified atom stereocenters. The molecule has 0 bridgehead atoms. The van der Waals surface area contributed by atoms with Crippen LogP contribution in [0.25, 0.3) is 0 Å². The molecule has 0 aromatic heterocycles. The molecule has 0 radical (unpaired) electrons. The Morgan fingerprint density at radius 2 is 2.00 bits per heavy atom. The lowest BCUT2D eigenvalue weighted by molar-refractivity contribution is 0.431. The summed E-state index contributed by atoms with van der Waals surface area (Å²) in [5.74, 6) is 0.851. The zero-order valence-corrected chi connectivity index (χ0v) is 7.38. The van der Waals surface area contributed by atoms with Crippen LogP contribution in [0.2, 0.25) is 0 Å². The third-order valence-corrected chi connectivity index (χ3v) is 3.25. The van der Waals surface area contributed by atoms with Crippen LogP contribution in [0.3, 0.4) is 0 Å². The fourth-order valence-corrected chi connectivity index (χ4v) is 2.35. The van der Waals surface area contributed by atoms with Gasteiger partial charge in [-0.1, -0.05) is 25.7 Å². The van der Waals surface area contributed by atoms with Gasteiger partial charge in [0.05, 0.1) is 5.54 Å². The molecule has 66 valence electrons. The van der Waals surface area contributed by atoms with Crippen molar-refractivity contribution in [2.45, 2.75) is 50.5 Å². The largest absolute Gasteiger partial charge is 0.235 e. The lowest BCUT2D eigenvalue weighted by atomic mass is 9.97. The topological polar surface area (TPSA) is 29.4 Å². The van der Waals surface area contributed by atoms with Gasteiger partial charge in [0.15, 0.2) is 0 Å². The normalized spacial score (nSPS) is 26.7. The van der Waals surface area contributed by atoms with Crippen molar-refractivity contribution in [3.05, 3.63) is 0 Å². The number of aliphatic imine (C=N–C) groups is 1. The Kier molecular flexibility index (Phi) is 2.02. The van der Waals surface area contributed by atoms with Crippen molar-refractivity contribution < 1.29 is 4.79 Å². The Balaban J connectivity index is 1.88. The molecule has 0 saturated heterocycles. The van der Waals surface area contributed by atoms with Crippen molar-refractivity contribution in [1.82, 2.24) is 0 Å². The van der Waals surface area contributed by atoms with Crippen LogP contribution in [0.5, 0.6) is 0 Å². The highest BCUT2D eigenvalue weighted by Crippen LogP contribution is 2.47. The van der Waals surface area contributed by atoms with Gasteiger partial charge in [0, 0.05) is 0 Å². The fraction of sp³-hybridized carbons (Fsp3) is 0.900. The fourth-order valence-electron chi connectivity index (χ4n) is 2.35. The molecule has 0 spiro atoms. The van der Waals surface area contributed by atoms with Gasteiger partial charge in [-0.2, -0.15) is 4.99 Å². The number of hydrogen-bond donors (Lipinski definition) is 0. The van der Waals surface area contributed by atoms with Crippen molar-refractivity contribution in [3.8, 4) is 0 Å². The number of nitrogens with zero attached hydrogens (tertiary/aromatic N) is 1. The van der Waals surface area contributed by atoms with E-state index in [0.29, 0.717) is 0 Å². The van der Waals surface area contributed by atoms with E-state index in [1.54, 1.807) is 6.08 Å². The molecular weight excluding hydrogens is 150 g/mol. The van der Waals surface area contributed by atoms with Gasteiger partial charge in [-0.15, -0.1) is 0 Å². The Morgan fingerprint density at radius 3 is 2.50 bits per heavy atom. The van der Waals surface area contributed by atoms with Crippen molar-refractivity contribution in [2.75, 3.05) is 0 Å². The van der Waals surface area contributed by atoms with E-state index in [9.17, 15) is 4.79 Å². The maximum atomic E-state index is 10.1. The van der Waals surface area contributed by atoms with E-state index in [0.717, 1.165) is 25.2 Å². The Hall–Kier alpha value is -0.620. The van der Waals surface area contributed by atoms with E-state index in [1.807, 2.05) is 0 Å². The average Bonchev–Trinajstić information content (AvgIpc) is 2.63. The van der Waals surface area contributed by atoms with Gasteiger partial charge in [0.25, 0.3) is 0 Å². The molecule has 0 aromatic rings. The van der Waals surface area contributed by atoms with Gasteiger partial charge >= 0.3 is 0 Å². The summed E-state index contributed by atoms with van der Waals surface area (Å²) in [5.41, 5.74) is 0.0662. The molecular formula is C10H15NO. The highest BCUT2D eigenvalue weighted by molar-refractivity contribution is 5.36. The summed E-state index contributed by atoms with van der Waals surface area (Å²) < 4.78 is 0. The van der Waals surface area contributed by atoms with Crippen molar-refractivity contribution in [2.24, 2.45) is 10.9 Å². The first-order valence-electron chi connectivity index (χ1n) is 4.94. The quantitative estimate of drug-likeness (QED) is 0.466. The maximum Gasteiger partial charge on any atom is 0.235 e. The van der Waals surface area contributed by atoms with E-state index < -0.39 is 0 Å². The molecule has 2 saturated carbocycles. The minimum Gasteiger partial charge on any atom is -0.211 e. The SMILES string of the molecule is O=C=NC1(CC2CCCC2)CC1. The summed E-state index contributed by atoms with van der Waals surface area (Å²) in [6.07, 6.45) is 10.6. The summed E-state index contributed by atoms with van der Waals surface area (Å²) in [6.45, 7) is 0. The molecule has 0 heterocycles. The molecule has 0 amide bonds. The van der Waals surface area contributed by atoms with E-state index >= 15 is 0 Å². The van der Waals surface area contributed by atoms with Crippen LogP contribution in [0.15, 0.2) is 4.99 Å². The monoisotopic (exact) mass is 165 g/mol. The first-order valence-corrected chi connectivity index (χ1v) is 4.94. The van der Waals surface area contributed by atoms with E-state index in [-0.39, 0.29) is 5.54 Å². The van der Waals surface area contributed by atoms with Crippen LogP contribution >= 0.6 is 0 Å². The molecule has 12 heavy (non-hydrogen) atoms. The number of hydrogen-bond acceptors (Lipinski definition) is 2. The van der Waals surface area contributed by atoms with Crippen LogP contribution in [0, 0.1) is 5.92 Å². The molecule has 2 aliphatic carbocycles. The summed E-state index contributed by atoms with van der Waals surface area (Å²) in [5, 5.41) is 0. The second-order valence-corrected chi connectivity index (χ2v) is 4.28. The Labute approximate surface area is 73.1 Å². The van der Waals surface area contributed by atoms with Crippen LogP contribution in [0.4, 0.5) is 0 Å². The van der Waals surface area contributed by atoms with Crippen LogP contribution < -0.4 is 0 Å². The molecule has 0 N–H and O–H groups in total. The van der Waals surface area contributed by atoms with Gasteiger partial charge < -0.3 is 0 Å². The van der Waals surface area contributed by atoms with Gasteiger partial charge in [-0.05, 0) is 25.2 Å². The van der Waals surface area contributed by atoms with Crippen molar-refractivity contribution in [3.63, 3.8) is 0 Å². The molecule has 2 rings (SSSR count). The second-order valence-electron chi connectivity index (χ2n) is 4.28. The summed E-state index contributed by atoms with van der Waals surface area (Å²) in [4.78, 5) is 14.1. The Bertz CT molecular complexity index is 208. The summed E-state index contributed by atoms with van der Waals surface area (Å²) in [7, 11) is 0. The van der Waals surface area contributed by atoms with Crippen molar-refractivity contribution in [1.29, 1.82) is 0 Å². The smallest absolute Gasteiger partial charge is 0.211 e. The first kappa shape index (κ1) is 8.00. The maximum absolute atomic E-state index is 10.1. The van der Waals surface area contributed by atoms with Crippen LogP contribution in [0.1, 0.15) is 44.9 Å². The summed E-state index contributed by atoms with van der Waals surface area (Å²) in [6, 6.07) is 0. The highest BCUT2D eigenvalue weighted by atomic mass is 16.1. The number of rotatable bonds is 3. The summed E-state index contributed by atoms with van der Waals surface area (Å²) >= 11 is 0. The van der Waals surface area contributed by atoms with E-state index in [1.165, 1.54) is 25.7 Å². The molecule has 0 aromatic carbocycles. The van der Waals surface area contributed by atoms with Crippen molar-refractivity contribution >= 4 is 6.08 Å². The van der Waals surface area contributed by atoms with Gasteiger partial charge in [0.2, 0.25) is 6.08 Å². The predicted molar refractivity (Wildman–Crippen MR) is 46.7 cm³/mol. The molecule has 2 nitrogen and oxygen atoms in total. The van der Waals surface area contributed by atoms with E-state index in [2.05, 4.69) is 4.99 Å². The van der Waals surface area contributed by atoms with Crippen LogP contribution in [-0.2, 0) is 4.79 Å². The molecule has 2 fully saturated rings. The minimum absolute atomic E-state index is 0.0662. The first-order chi connectivity index (χ1) is 5.85. The standard InChI is InChI=1S/C10H15NO/c12-8-11-10(5-6-10)7-9-3-1-2-4-9/h9H,1-7H2. The van der Waals surface area contributed by atoms with Gasteiger partial charge in [-0.25, -0.2) is 4.79 Å². The van der Waals surface area contributed by atoms with Gasteiger partial charge in [0.1, 0.15) is 0 Å². The zero-order valence-electron chi connectivity index (χ0n) is 7.38. The third-order valence-electron chi connectivity index (χ3n) is 3.25. The Morgan fingerprint density at radius 1 is 1.33 bits per heavy atom. The molecule has 0 aliphatic heterocycles. The molecule has 2 heteroatoms. The van der Waals surface area contributed by atoms with Crippen LogP contribution in [-0.4, -0.2) is 11.6 Å². The second kappa shape index (κ2) is 3.02. The zero-order chi connectivity index (χ0) is 8.44.